The van der Waals surface area contributed by atoms with Crippen molar-refractivity contribution in [3.8, 4) is 0 Å². The van der Waals surface area contributed by atoms with E-state index in [1.807, 2.05) is 11.0 Å². The number of H-pyrrole nitrogens is 1. The van der Waals surface area contributed by atoms with Crippen LogP contribution in [0.15, 0.2) is 30.5 Å². The maximum absolute atomic E-state index is 12.2. The second kappa shape index (κ2) is 6.31. The molecule has 2 heterocycles. The topological polar surface area (TPSA) is 48.1 Å². The van der Waals surface area contributed by atoms with Gasteiger partial charge in [0.05, 0.1) is 0 Å². The molecule has 21 heavy (non-hydrogen) atoms. The SMILES string of the molecule is C[C@@H]1CN(C(=O)CCCc2c[nH]c3ccccc23)CCN1. The molecule has 3 rings (SSSR count). The number of hydrogen-bond donors (Lipinski definition) is 2. The first-order valence-electron chi connectivity index (χ1n) is 7.80. The van der Waals surface area contributed by atoms with Crippen molar-refractivity contribution >= 4 is 16.8 Å². The Morgan fingerprint density at radius 1 is 1.38 bits per heavy atom. The summed E-state index contributed by atoms with van der Waals surface area (Å²) in [6, 6.07) is 8.74. The first-order chi connectivity index (χ1) is 10.2. The van der Waals surface area contributed by atoms with E-state index in [1.54, 1.807) is 0 Å². The minimum atomic E-state index is 0.295. The Labute approximate surface area is 125 Å². The summed E-state index contributed by atoms with van der Waals surface area (Å²) >= 11 is 0. The molecule has 0 bridgehead atoms. The predicted molar refractivity (Wildman–Crippen MR) is 85.3 cm³/mol. The lowest BCUT2D eigenvalue weighted by Crippen LogP contribution is -2.51. The highest BCUT2D eigenvalue weighted by molar-refractivity contribution is 5.83. The molecule has 0 aliphatic carbocycles. The van der Waals surface area contributed by atoms with Crippen LogP contribution in [0.5, 0.6) is 0 Å². The average molecular weight is 285 g/mol. The molecule has 1 saturated heterocycles. The number of para-hydroxylation sites is 1. The van der Waals surface area contributed by atoms with Gasteiger partial charge in [-0.25, -0.2) is 0 Å². The molecule has 0 spiro atoms. The summed E-state index contributed by atoms with van der Waals surface area (Å²) in [6.07, 6.45) is 4.59. The number of aromatic nitrogens is 1. The van der Waals surface area contributed by atoms with Gasteiger partial charge in [0.1, 0.15) is 0 Å². The van der Waals surface area contributed by atoms with E-state index in [1.165, 1.54) is 16.5 Å². The Hall–Kier alpha value is -1.81. The van der Waals surface area contributed by atoms with Crippen LogP contribution in [0.25, 0.3) is 10.9 Å². The fourth-order valence-corrected chi connectivity index (χ4v) is 3.09. The molecular weight excluding hydrogens is 262 g/mol. The molecule has 4 nitrogen and oxygen atoms in total. The van der Waals surface area contributed by atoms with Crippen LogP contribution in [-0.4, -0.2) is 41.5 Å². The minimum Gasteiger partial charge on any atom is -0.361 e. The highest BCUT2D eigenvalue weighted by Gasteiger charge is 2.19. The van der Waals surface area contributed by atoms with E-state index in [0.717, 1.165) is 32.5 Å². The molecule has 4 heteroatoms. The molecule has 1 atom stereocenters. The van der Waals surface area contributed by atoms with Gasteiger partial charge in [-0.05, 0) is 31.4 Å². The number of hydrogen-bond acceptors (Lipinski definition) is 2. The lowest BCUT2D eigenvalue weighted by molar-refractivity contribution is -0.132. The van der Waals surface area contributed by atoms with Gasteiger partial charge in [-0.2, -0.15) is 0 Å². The van der Waals surface area contributed by atoms with Crippen molar-refractivity contribution in [3.05, 3.63) is 36.0 Å². The molecular formula is C17H23N3O. The van der Waals surface area contributed by atoms with Crippen LogP contribution in [0.4, 0.5) is 0 Å². The molecule has 1 aromatic heterocycles. The van der Waals surface area contributed by atoms with E-state index in [9.17, 15) is 4.79 Å². The van der Waals surface area contributed by atoms with E-state index < -0.39 is 0 Å². The summed E-state index contributed by atoms with van der Waals surface area (Å²) in [7, 11) is 0. The van der Waals surface area contributed by atoms with Gasteiger partial charge in [-0.15, -0.1) is 0 Å². The van der Waals surface area contributed by atoms with Crippen LogP contribution in [0.2, 0.25) is 0 Å². The Morgan fingerprint density at radius 3 is 3.10 bits per heavy atom. The van der Waals surface area contributed by atoms with Gasteiger partial charge in [-0.3, -0.25) is 4.79 Å². The van der Waals surface area contributed by atoms with Crippen molar-refractivity contribution in [3.63, 3.8) is 0 Å². The second-order valence-electron chi connectivity index (χ2n) is 5.91. The molecule has 0 saturated carbocycles. The number of fused-ring (bicyclic) bond motifs is 1. The third-order valence-electron chi connectivity index (χ3n) is 4.23. The number of benzene rings is 1. The van der Waals surface area contributed by atoms with E-state index in [4.69, 9.17) is 0 Å². The number of aryl methyl sites for hydroxylation is 1. The minimum absolute atomic E-state index is 0.295. The molecule has 1 aliphatic heterocycles. The van der Waals surface area contributed by atoms with Crippen molar-refractivity contribution in [2.24, 2.45) is 0 Å². The summed E-state index contributed by atoms with van der Waals surface area (Å²) in [4.78, 5) is 17.5. The van der Waals surface area contributed by atoms with Crippen molar-refractivity contribution in [1.82, 2.24) is 15.2 Å². The fraction of sp³-hybridized carbons (Fsp3) is 0.471. The molecule has 1 amide bonds. The van der Waals surface area contributed by atoms with Crippen LogP contribution < -0.4 is 5.32 Å². The zero-order valence-electron chi connectivity index (χ0n) is 12.6. The lowest BCUT2D eigenvalue weighted by Gasteiger charge is -2.32. The van der Waals surface area contributed by atoms with E-state index >= 15 is 0 Å². The standard InChI is InChI=1S/C17H23N3O/c1-13-12-20(10-9-18-13)17(21)8-4-5-14-11-19-16-7-3-2-6-15(14)16/h2-3,6-7,11,13,18-19H,4-5,8-10,12H2,1H3/t13-/m1/s1. The zero-order valence-corrected chi connectivity index (χ0v) is 12.6. The largest absolute Gasteiger partial charge is 0.361 e. The third kappa shape index (κ3) is 3.27. The molecule has 0 radical (unpaired) electrons. The van der Waals surface area contributed by atoms with Gasteiger partial charge >= 0.3 is 0 Å². The van der Waals surface area contributed by atoms with Crippen LogP contribution in [0.3, 0.4) is 0 Å². The number of rotatable bonds is 4. The summed E-state index contributed by atoms with van der Waals surface area (Å²) in [6.45, 7) is 4.73. The van der Waals surface area contributed by atoms with Crippen molar-refractivity contribution in [2.45, 2.75) is 32.2 Å². The summed E-state index contributed by atoms with van der Waals surface area (Å²) < 4.78 is 0. The quantitative estimate of drug-likeness (QED) is 0.905. The summed E-state index contributed by atoms with van der Waals surface area (Å²) in [5.74, 6) is 0.295. The number of nitrogens with one attached hydrogen (secondary N) is 2. The molecule has 1 aliphatic rings. The Balaban J connectivity index is 1.52. The molecule has 0 unspecified atom stereocenters. The van der Waals surface area contributed by atoms with Gasteiger partial charge in [0.25, 0.3) is 0 Å². The first-order valence-corrected chi connectivity index (χ1v) is 7.80. The lowest BCUT2D eigenvalue weighted by atomic mass is 10.1. The van der Waals surface area contributed by atoms with Gasteiger partial charge < -0.3 is 15.2 Å². The Bertz CT molecular complexity index is 619. The van der Waals surface area contributed by atoms with E-state index in [-0.39, 0.29) is 0 Å². The van der Waals surface area contributed by atoms with Gasteiger partial charge in [0.2, 0.25) is 5.91 Å². The zero-order chi connectivity index (χ0) is 14.7. The number of carbonyl (C=O) groups is 1. The van der Waals surface area contributed by atoms with Crippen molar-refractivity contribution in [1.29, 1.82) is 0 Å². The molecule has 1 aromatic carbocycles. The van der Waals surface area contributed by atoms with Crippen molar-refractivity contribution in [2.75, 3.05) is 19.6 Å². The molecule has 1 fully saturated rings. The number of aromatic amines is 1. The third-order valence-corrected chi connectivity index (χ3v) is 4.23. The normalized spacial score (nSPS) is 19.1. The Kier molecular flexibility index (Phi) is 4.25. The summed E-state index contributed by atoms with van der Waals surface area (Å²) in [5, 5.41) is 4.65. The fourth-order valence-electron chi connectivity index (χ4n) is 3.09. The number of piperazine rings is 1. The molecule has 2 N–H and O–H groups in total. The average Bonchev–Trinajstić information content (AvgIpc) is 2.91. The van der Waals surface area contributed by atoms with E-state index in [2.05, 4.69) is 41.6 Å². The van der Waals surface area contributed by atoms with Gasteiger partial charge in [0.15, 0.2) is 0 Å². The van der Waals surface area contributed by atoms with Crippen LogP contribution in [0, 0.1) is 0 Å². The van der Waals surface area contributed by atoms with E-state index in [0.29, 0.717) is 18.4 Å². The number of amides is 1. The Morgan fingerprint density at radius 2 is 2.24 bits per heavy atom. The maximum Gasteiger partial charge on any atom is 0.222 e. The summed E-state index contributed by atoms with van der Waals surface area (Å²) in [5.41, 5.74) is 2.49. The smallest absolute Gasteiger partial charge is 0.222 e. The van der Waals surface area contributed by atoms with Gasteiger partial charge in [0, 0.05) is 49.2 Å². The highest BCUT2D eigenvalue weighted by Crippen LogP contribution is 2.19. The monoisotopic (exact) mass is 285 g/mol. The number of carbonyl (C=O) groups excluding carboxylic acids is 1. The molecule has 2 aromatic rings. The highest BCUT2D eigenvalue weighted by atomic mass is 16.2. The first kappa shape index (κ1) is 14.1. The van der Waals surface area contributed by atoms with Crippen LogP contribution in [-0.2, 0) is 11.2 Å². The predicted octanol–water partition coefficient (Wildman–Crippen LogP) is 2.31. The maximum atomic E-state index is 12.2. The molecule has 112 valence electrons. The van der Waals surface area contributed by atoms with Crippen molar-refractivity contribution < 1.29 is 4.79 Å². The van der Waals surface area contributed by atoms with Gasteiger partial charge in [-0.1, -0.05) is 18.2 Å². The van der Waals surface area contributed by atoms with Crippen LogP contribution >= 0.6 is 0 Å². The second-order valence-corrected chi connectivity index (χ2v) is 5.91. The van der Waals surface area contributed by atoms with Crippen LogP contribution in [0.1, 0.15) is 25.3 Å². The number of nitrogens with zero attached hydrogens (tertiary/aromatic N) is 1.